The van der Waals surface area contributed by atoms with Gasteiger partial charge < -0.3 is 28.4 Å². The predicted octanol–water partition coefficient (Wildman–Crippen LogP) is 31.8. The Hall–Kier alpha value is -12.7. The molecule has 0 atom stereocenters. The third-order valence-electron chi connectivity index (χ3n) is 29.2. The van der Waals surface area contributed by atoms with Crippen molar-refractivity contribution in [3.05, 3.63) is 334 Å². The molecule has 694 valence electrons. The smallest absolute Gasteiger partial charge is 0.252 e. The molecule has 8 nitrogen and oxygen atoms in total. The normalized spacial score (nSPS) is 14.0. The average molecular weight is 1800 g/mol. The second-order valence-electron chi connectivity index (χ2n) is 49.9. The molecule has 14 aromatic carbocycles. The second kappa shape index (κ2) is 32.8. The lowest BCUT2D eigenvalue weighted by Crippen LogP contribution is -2.61. The quantitative estimate of drug-likeness (QED) is 0.139. The molecule has 137 heavy (non-hydrogen) atoms. The molecule has 0 bridgehead atoms. The summed E-state index contributed by atoms with van der Waals surface area (Å²) < 4.78 is 13.7. The van der Waals surface area contributed by atoms with Crippen molar-refractivity contribution in [3.63, 3.8) is 0 Å². The number of fused-ring (bicyclic) bond motifs is 10. The van der Waals surface area contributed by atoms with Gasteiger partial charge in [-0.25, -0.2) is 9.97 Å². The number of oxazole rings is 2. The molecule has 16 aromatic rings. The van der Waals surface area contributed by atoms with Crippen LogP contribution in [0.3, 0.4) is 0 Å². The van der Waals surface area contributed by atoms with Gasteiger partial charge in [0.15, 0.2) is 11.2 Å². The van der Waals surface area contributed by atoms with Crippen LogP contribution in [0.15, 0.2) is 282 Å². The standard InChI is InChI=1S/C64H70BN3O.C63H68BN3O/c1-39-31-55-58-56(32-39)68(49-34-46(63(11,12)13)33-47(35-49)64(14,15)16)54-38-57-52(66-59(69-57)42-19-17-40(18-20-42)41-21-23-43(24-22-41)60(2,3)4)37-51(54)65(58)50-36-45(62(8,9)10)27-30-53(50)67(55)48-28-25-44(26-29-48)61(5,6)7;1-59(2,3)42-22-20-40(21-23-42)39-16-18-41(19-17-39)58-65-51-37-50-53(38-56(51)68-58)67(48-31-26-44(27-32-48)61(7,8)9)55-36-46(63(13,14)15)35-54-57(55)64(50)49-34-45(62(10,11)12)28-33-52(49)66(54)47-29-24-43(25-30-47)60(4,5)6/h17-38H,1-16H3;16-38H,1-15H3. The first-order valence-corrected chi connectivity index (χ1v) is 49.7. The molecule has 0 amide bonds. The number of nitrogens with zero attached hydrogens (tertiary/aromatic N) is 6. The van der Waals surface area contributed by atoms with E-state index < -0.39 is 0 Å². The van der Waals surface area contributed by atoms with E-state index in [0.29, 0.717) is 11.8 Å². The highest BCUT2D eigenvalue weighted by Gasteiger charge is 2.48. The fourth-order valence-corrected chi connectivity index (χ4v) is 20.6. The van der Waals surface area contributed by atoms with Gasteiger partial charge >= 0.3 is 0 Å². The van der Waals surface area contributed by atoms with Crippen LogP contribution in [-0.4, -0.2) is 23.4 Å². The van der Waals surface area contributed by atoms with Gasteiger partial charge in [-0.2, -0.15) is 0 Å². The summed E-state index contributed by atoms with van der Waals surface area (Å²) in [7, 11) is 0. The van der Waals surface area contributed by atoms with Crippen LogP contribution in [0.25, 0.3) is 67.4 Å². The molecule has 0 radical (unpaired) electrons. The number of hydrogen-bond acceptors (Lipinski definition) is 8. The second-order valence-corrected chi connectivity index (χ2v) is 49.9. The minimum Gasteiger partial charge on any atom is -0.436 e. The van der Waals surface area contributed by atoms with Crippen LogP contribution in [0.5, 0.6) is 0 Å². The fraction of sp³-hybridized carbons (Fsp3) is 0.323. The Kier molecular flexibility index (Phi) is 22.3. The summed E-state index contributed by atoms with van der Waals surface area (Å²) in [6.07, 6.45) is 0. The highest BCUT2D eigenvalue weighted by Crippen LogP contribution is 2.52. The summed E-state index contributed by atoms with van der Waals surface area (Å²) in [6.45, 7) is 71.2. The summed E-state index contributed by atoms with van der Waals surface area (Å²) in [4.78, 5) is 20.7. The van der Waals surface area contributed by atoms with Gasteiger partial charge in [-0.15, -0.1) is 0 Å². The fourth-order valence-electron chi connectivity index (χ4n) is 20.6. The van der Waals surface area contributed by atoms with Gasteiger partial charge in [0.1, 0.15) is 11.0 Å². The Morgan fingerprint density at radius 1 is 0.197 bits per heavy atom. The van der Waals surface area contributed by atoms with Crippen LogP contribution in [-0.2, 0) is 54.1 Å². The Morgan fingerprint density at radius 2 is 0.431 bits per heavy atom. The van der Waals surface area contributed by atoms with Crippen molar-refractivity contribution in [1.29, 1.82) is 0 Å². The molecule has 0 unspecified atom stereocenters. The summed E-state index contributed by atoms with van der Waals surface area (Å²) in [6, 6.07) is 104. The molecule has 4 aliphatic rings. The molecule has 0 spiro atoms. The van der Waals surface area contributed by atoms with Crippen molar-refractivity contribution in [2.45, 2.75) is 269 Å². The zero-order chi connectivity index (χ0) is 97.8. The lowest BCUT2D eigenvalue weighted by atomic mass is 9.33. The maximum atomic E-state index is 6.87. The first-order chi connectivity index (χ1) is 64.1. The highest BCUT2D eigenvalue weighted by atomic mass is 16.4. The SMILES string of the molecule is CC(C)(C)c1ccc(-c2ccc(-c3nc4cc5c(cc4o3)N(c3ccc(C(C)(C)C)cc3)c3cc(C(C)(C)C)cc4c3B5c3cc(C(C)(C)C)ccc3N4c3ccc(C(C)(C)C)cc3)cc2)cc1.Cc1cc2c3c(c1)N(c1cc(C(C)(C)C)cc(C(C)(C)C)c1)c1cc4oc(-c5ccc(-c6ccc(C(C)(C)C)cc6)cc5)nc4cc1B3c1cc(C(C)(C)C)ccc1N2c1ccc(C(C)(C)C)cc1. The van der Waals surface area contributed by atoms with Crippen molar-refractivity contribution in [2.24, 2.45) is 0 Å². The number of rotatable bonds is 8. The summed E-state index contributed by atoms with van der Waals surface area (Å²) >= 11 is 0. The minimum absolute atomic E-state index is 0.0176. The van der Waals surface area contributed by atoms with E-state index in [1.54, 1.807) is 0 Å². The summed E-state index contributed by atoms with van der Waals surface area (Å²) in [5.74, 6) is 1.24. The first kappa shape index (κ1) is 93.4. The van der Waals surface area contributed by atoms with Gasteiger partial charge in [0.25, 0.3) is 13.4 Å². The van der Waals surface area contributed by atoms with E-state index in [0.717, 1.165) is 67.5 Å². The maximum Gasteiger partial charge on any atom is 0.252 e. The zero-order valence-electron chi connectivity index (χ0n) is 87.1. The van der Waals surface area contributed by atoms with Gasteiger partial charge in [-0.1, -0.05) is 347 Å². The third-order valence-corrected chi connectivity index (χ3v) is 29.2. The third kappa shape index (κ3) is 17.4. The van der Waals surface area contributed by atoms with Crippen molar-refractivity contribution >= 4 is 137 Å². The van der Waals surface area contributed by atoms with Crippen LogP contribution in [0, 0.1) is 6.92 Å². The minimum atomic E-state index is -0.129. The molecular weight excluding hydrogens is 1660 g/mol. The van der Waals surface area contributed by atoms with E-state index in [9.17, 15) is 0 Å². The molecule has 10 heteroatoms. The van der Waals surface area contributed by atoms with Crippen molar-refractivity contribution in [1.82, 2.24) is 9.97 Å². The van der Waals surface area contributed by atoms with E-state index in [-0.39, 0.29) is 67.6 Å². The first-order valence-electron chi connectivity index (χ1n) is 49.7. The van der Waals surface area contributed by atoms with Gasteiger partial charge in [0, 0.05) is 91.5 Å². The monoisotopic (exact) mass is 1800 g/mol. The molecule has 0 saturated carbocycles. The highest BCUT2D eigenvalue weighted by molar-refractivity contribution is 7.01. The Balaban J connectivity index is 0.000000175. The number of benzene rings is 14. The molecule has 6 heterocycles. The van der Waals surface area contributed by atoms with E-state index in [4.69, 9.17) is 18.8 Å². The lowest BCUT2D eigenvalue weighted by molar-refractivity contribution is 0.568. The van der Waals surface area contributed by atoms with Crippen molar-refractivity contribution in [3.8, 4) is 45.2 Å². The zero-order valence-corrected chi connectivity index (χ0v) is 87.1. The average Bonchev–Trinajstić information content (AvgIpc) is 1.52. The number of anilines is 12. The molecule has 2 aromatic heterocycles. The van der Waals surface area contributed by atoms with Gasteiger partial charge in [-0.3, -0.25) is 0 Å². The van der Waals surface area contributed by atoms with Gasteiger partial charge in [0.2, 0.25) is 11.8 Å². The Labute approximate surface area is 817 Å². The Morgan fingerprint density at radius 3 is 0.723 bits per heavy atom. The van der Waals surface area contributed by atoms with Gasteiger partial charge in [-0.05, 0) is 299 Å². The van der Waals surface area contributed by atoms with Crippen molar-refractivity contribution in [2.75, 3.05) is 19.6 Å². The van der Waals surface area contributed by atoms with Crippen LogP contribution >= 0.6 is 0 Å². The van der Waals surface area contributed by atoms with Gasteiger partial charge in [0.05, 0.1) is 0 Å². The molecule has 0 fully saturated rings. The number of aryl methyl sites for hydroxylation is 1. The molecular formula is C127H138B2N6O2. The van der Waals surface area contributed by atoms with Crippen LogP contribution in [0.4, 0.5) is 68.2 Å². The number of hydrogen-bond donors (Lipinski definition) is 0. The molecule has 0 saturated heterocycles. The van der Waals surface area contributed by atoms with E-state index in [1.165, 1.54) is 150 Å². The van der Waals surface area contributed by atoms with Crippen LogP contribution < -0.4 is 52.4 Å². The molecule has 0 aliphatic carbocycles. The Bertz CT molecular complexity index is 7350. The lowest BCUT2D eigenvalue weighted by Gasteiger charge is -2.45. The maximum absolute atomic E-state index is 6.87. The molecule has 4 aliphatic heterocycles. The summed E-state index contributed by atoms with van der Waals surface area (Å²) in [5, 5.41) is 0. The van der Waals surface area contributed by atoms with E-state index >= 15 is 0 Å². The van der Waals surface area contributed by atoms with E-state index in [1.807, 2.05) is 0 Å². The predicted molar refractivity (Wildman–Crippen MR) is 590 cm³/mol. The van der Waals surface area contributed by atoms with Crippen LogP contribution in [0.2, 0.25) is 0 Å². The molecule has 0 N–H and O–H groups in total. The largest absolute Gasteiger partial charge is 0.436 e. The topological polar surface area (TPSA) is 65.0 Å². The van der Waals surface area contributed by atoms with E-state index in [2.05, 4.69) is 507 Å². The number of aromatic nitrogens is 2. The summed E-state index contributed by atoms with van der Waals surface area (Å²) in [5.41, 5.74) is 45.9. The van der Waals surface area contributed by atoms with Crippen LogP contribution in [0.1, 0.15) is 269 Å². The molecule has 20 rings (SSSR count). The van der Waals surface area contributed by atoms with Crippen molar-refractivity contribution < 1.29 is 8.83 Å².